The van der Waals surface area contributed by atoms with Crippen molar-refractivity contribution in [3.63, 3.8) is 0 Å². The number of terminal acetylenes is 1. The zero-order chi connectivity index (χ0) is 11.5. The summed E-state index contributed by atoms with van der Waals surface area (Å²) in [4.78, 5) is 17.1. The predicted molar refractivity (Wildman–Crippen MR) is 60.4 cm³/mol. The van der Waals surface area contributed by atoms with Crippen LogP contribution in [0.15, 0.2) is 18.3 Å². The maximum atomic E-state index is 11.1. The van der Waals surface area contributed by atoms with E-state index in [0.29, 0.717) is 18.4 Å². The van der Waals surface area contributed by atoms with E-state index in [0.717, 1.165) is 12.8 Å². The number of pyridine rings is 1. The van der Waals surface area contributed by atoms with E-state index in [2.05, 4.69) is 10.9 Å². The second kappa shape index (κ2) is 4.23. The van der Waals surface area contributed by atoms with Crippen molar-refractivity contribution in [2.24, 2.45) is 0 Å². The van der Waals surface area contributed by atoms with Gasteiger partial charge in [0.1, 0.15) is 11.4 Å². The molecule has 16 heavy (non-hydrogen) atoms. The van der Waals surface area contributed by atoms with Gasteiger partial charge in [-0.2, -0.15) is 0 Å². The largest absolute Gasteiger partial charge is 0.478 e. The molecule has 1 aromatic heterocycles. The Hall–Kier alpha value is -2.02. The highest BCUT2D eigenvalue weighted by molar-refractivity contribution is 5.93. The van der Waals surface area contributed by atoms with Crippen molar-refractivity contribution >= 4 is 11.8 Å². The molecule has 1 aliphatic carbocycles. The van der Waals surface area contributed by atoms with Crippen LogP contribution in [0.5, 0.6) is 0 Å². The standard InChI is InChI=1S/C12H12N2O2/c1-2-8-14(9-5-6-9)11-10(12(15)16)4-3-7-13-11/h1,3-4,7,9H,5-6,8H2,(H,15,16). The molecule has 2 rings (SSSR count). The quantitative estimate of drug-likeness (QED) is 0.772. The maximum Gasteiger partial charge on any atom is 0.339 e. The highest BCUT2D eigenvalue weighted by atomic mass is 16.4. The summed E-state index contributed by atoms with van der Waals surface area (Å²) < 4.78 is 0. The van der Waals surface area contributed by atoms with Gasteiger partial charge in [0.25, 0.3) is 0 Å². The summed E-state index contributed by atoms with van der Waals surface area (Å²) in [6, 6.07) is 3.52. The molecule has 0 radical (unpaired) electrons. The van der Waals surface area contributed by atoms with E-state index >= 15 is 0 Å². The number of hydrogen-bond acceptors (Lipinski definition) is 3. The van der Waals surface area contributed by atoms with Gasteiger partial charge in [-0.3, -0.25) is 0 Å². The summed E-state index contributed by atoms with van der Waals surface area (Å²) in [6.45, 7) is 0.405. The molecule has 0 unspecified atom stereocenters. The number of aromatic nitrogens is 1. The van der Waals surface area contributed by atoms with E-state index in [1.54, 1.807) is 18.3 Å². The minimum Gasteiger partial charge on any atom is -0.478 e. The molecule has 1 N–H and O–H groups in total. The van der Waals surface area contributed by atoms with Gasteiger partial charge in [-0.15, -0.1) is 6.42 Å². The number of anilines is 1. The molecule has 4 heteroatoms. The van der Waals surface area contributed by atoms with E-state index in [4.69, 9.17) is 11.5 Å². The molecule has 0 atom stereocenters. The molecule has 1 saturated carbocycles. The van der Waals surface area contributed by atoms with E-state index in [1.807, 2.05) is 4.90 Å². The number of hydrogen-bond donors (Lipinski definition) is 1. The van der Waals surface area contributed by atoms with Gasteiger partial charge in [-0.1, -0.05) is 5.92 Å². The van der Waals surface area contributed by atoms with Crippen molar-refractivity contribution in [2.45, 2.75) is 18.9 Å². The SMILES string of the molecule is C#CCN(c1ncccc1C(=O)O)C1CC1. The third kappa shape index (κ3) is 1.98. The van der Waals surface area contributed by atoms with Gasteiger partial charge in [-0.05, 0) is 25.0 Å². The number of carboxylic acid groups (broad SMARTS) is 1. The highest BCUT2D eigenvalue weighted by Crippen LogP contribution is 2.31. The van der Waals surface area contributed by atoms with Crippen molar-refractivity contribution in [3.05, 3.63) is 23.9 Å². The van der Waals surface area contributed by atoms with Crippen LogP contribution in [-0.2, 0) is 0 Å². The third-order valence-electron chi connectivity index (χ3n) is 2.54. The van der Waals surface area contributed by atoms with Gasteiger partial charge < -0.3 is 10.0 Å². The summed E-state index contributed by atoms with van der Waals surface area (Å²) in [5.74, 6) is 2.06. The summed E-state index contributed by atoms with van der Waals surface area (Å²) in [7, 11) is 0. The summed E-state index contributed by atoms with van der Waals surface area (Å²) in [5, 5.41) is 9.07. The van der Waals surface area contributed by atoms with Crippen LogP contribution in [0, 0.1) is 12.3 Å². The lowest BCUT2D eigenvalue weighted by atomic mass is 10.2. The smallest absolute Gasteiger partial charge is 0.339 e. The Morgan fingerprint density at radius 3 is 3.00 bits per heavy atom. The minimum atomic E-state index is -0.967. The van der Waals surface area contributed by atoms with Crippen LogP contribution in [0.1, 0.15) is 23.2 Å². The number of aromatic carboxylic acids is 1. The van der Waals surface area contributed by atoms with Crippen LogP contribution >= 0.6 is 0 Å². The molecule has 1 heterocycles. The fraction of sp³-hybridized carbons (Fsp3) is 0.333. The lowest BCUT2D eigenvalue weighted by molar-refractivity contribution is 0.0697. The van der Waals surface area contributed by atoms with Crippen molar-refractivity contribution in [1.29, 1.82) is 0 Å². The van der Waals surface area contributed by atoms with Crippen LogP contribution in [0.4, 0.5) is 5.82 Å². The average Bonchev–Trinajstić information content (AvgIpc) is 3.10. The zero-order valence-electron chi connectivity index (χ0n) is 8.76. The molecular weight excluding hydrogens is 204 g/mol. The molecule has 0 aliphatic heterocycles. The Labute approximate surface area is 93.9 Å². The zero-order valence-corrected chi connectivity index (χ0v) is 8.76. The lowest BCUT2D eigenvalue weighted by Gasteiger charge is -2.22. The maximum absolute atomic E-state index is 11.1. The monoisotopic (exact) mass is 216 g/mol. The predicted octanol–water partition coefficient (Wildman–Crippen LogP) is 1.38. The first kappa shape index (κ1) is 10.5. The first-order chi connectivity index (χ1) is 7.74. The van der Waals surface area contributed by atoms with Gasteiger partial charge in [-0.25, -0.2) is 9.78 Å². The number of carbonyl (C=O) groups is 1. The van der Waals surface area contributed by atoms with Gasteiger partial charge in [0.15, 0.2) is 0 Å². The molecule has 1 fully saturated rings. The van der Waals surface area contributed by atoms with E-state index < -0.39 is 5.97 Å². The topological polar surface area (TPSA) is 53.4 Å². The molecule has 4 nitrogen and oxygen atoms in total. The van der Waals surface area contributed by atoms with Crippen molar-refractivity contribution in [2.75, 3.05) is 11.4 Å². The van der Waals surface area contributed by atoms with Gasteiger partial charge in [0.05, 0.1) is 6.54 Å². The Morgan fingerprint density at radius 1 is 1.69 bits per heavy atom. The Bertz CT molecular complexity index is 447. The Kier molecular flexibility index (Phi) is 2.78. The first-order valence-electron chi connectivity index (χ1n) is 5.12. The first-order valence-corrected chi connectivity index (χ1v) is 5.12. The normalized spacial score (nSPS) is 14.2. The van der Waals surface area contributed by atoms with Gasteiger partial charge in [0, 0.05) is 12.2 Å². The molecule has 0 saturated heterocycles. The molecule has 0 amide bonds. The van der Waals surface area contributed by atoms with E-state index in [-0.39, 0.29) is 5.56 Å². The molecular formula is C12H12N2O2. The van der Waals surface area contributed by atoms with Gasteiger partial charge in [0.2, 0.25) is 0 Å². The van der Waals surface area contributed by atoms with Gasteiger partial charge >= 0.3 is 5.97 Å². The minimum absolute atomic E-state index is 0.213. The third-order valence-corrected chi connectivity index (χ3v) is 2.54. The number of nitrogens with zero attached hydrogens (tertiary/aromatic N) is 2. The molecule has 0 spiro atoms. The Morgan fingerprint density at radius 2 is 2.44 bits per heavy atom. The molecule has 82 valence electrons. The Balaban J connectivity index is 2.36. The van der Waals surface area contributed by atoms with Crippen LogP contribution in [-0.4, -0.2) is 28.6 Å². The van der Waals surface area contributed by atoms with Crippen molar-refractivity contribution in [3.8, 4) is 12.3 Å². The van der Waals surface area contributed by atoms with Crippen molar-refractivity contribution < 1.29 is 9.90 Å². The molecule has 0 aromatic carbocycles. The molecule has 0 bridgehead atoms. The van der Waals surface area contributed by atoms with Crippen LogP contribution in [0.3, 0.4) is 0 Å². The second-order valence-electron chi connectivity index (χ2n) is 3.74. The van der Waals surface area contributed by atoms with Crippen LogP contribution < -0.4 is 4.90 Å². The summed E-state index contributed by atoms with van der Waals surface area (Å²) >= 11 is 0. The summed E-state index contributed by atoms with van der Waals surface area (Å²) in [5.41, 5.74) is 0.213. The molecule has 1 aliphatic rings. The fourth-order valence-electron chi connectivity index (χ4n) is 1.65. The van der Waals surface area contributed by atoms with Crippen LogP contribution in [0.2, 0.25) is 0 Å². The number of carboxylic acids is 1. The number of rotatable bonds is 4. The van der Waals surface area contributed by atoms with Crippen molar-refractivity contribution in [1.82, 2.24) is 4.98 Å². The van der Waals surface area contributed by atoms with Crippen LogP contribution in [0.25, 0.3) is 0 Å². The van der Waals surface area contributed by atoms with E-state index in [1.165, 1.54) is 0 Å². The lowest BCUT2D eigenvalue weighted by Crippen LogP contribution is -2.28. The molecule has 1 aromatic rings. The van der Waals surface area contributed by atoms with E-state index in [9.17, 15) is 4.79 Å². The fourth-order valence-corrected chi connectivity index (χ4v) is 1.65. The summed E-state index contributed by atoms with van der Waals surface area (Å²) in [6.07, 6.45) is 8.99. The average molecular weight is 216 g/mol. The second-order valence-corrected chi connectivity index (χ2v) is 3.74. The highest BCUT2D eigenvalue weighted by Gasteiger charge is 2.31.